The maximum absolute atomic E-state index is 12.5. The van der Waals surface area contributed by atoms with E-state index in [-0.39, 0.29) is 36.2 Å². The number of rotatable bonds is 5. The first-order valence-electron chi connectivity index (χ1n) is 6.42. The van der Waals surface area contributed by atoms with Crippen LogP contribution in [0.3, 0.4) is 0 Å². The molecule has 2 atom stereocenters. The second-order valence-corrected chi connectivity index (χ2v) is 5.15. The van der Waals surface area contributed by atoms with Crippen LogP contribution in [-0.4, -0.2) is 36.4 Å². The molecular weight excluding hydrogens is 262 g/mol. The Morgan fingerprint density at radius 3 is 2.44 bits per heavy atom. The third-order valence-electron chi connectivity index (χ3n) is 3.88. The smallest absolute Gasteiger partial charge is 0.255 e. The van der Waals surface area contributed by atoms with Crippen molar-refractivity contribution in [1.82, 2.24) is 4.90 Å². The van der Waals surface area contributed by atoms with Gasteiger partial charge in [-0.1, -0.05) is 6.42 Å². The molecule has 2 fully saturated rings. The lowest BCUT2D eigenvalue weighted by Gasteiger charge is -2.27. The van der Waals surface area contributed by atoms with Crippen molar-refractivity contribution < 1.29 is 13.6 Å². The van der Waals surface area contributed by atoms with E-state index in [1.54, 1.807) is 0 Å². The number of nitrogens with zero attached hydrogens (tertiary/aromatic N) is 1. The molecule has 0 saturated heterocycles. The van der Waals surface area contributed by atoms with Crippen LogP contribution < -0.4 is 5.73 Å². The molecule has 0 unspecified atom stereocenters. The quantitative estimate of drug-likeness (QED) is 0.839. The zero-order valence-electron chi connectivity index (χ0n) is 10.4. The van der Waals surface area contributed by atoms with Crippen LogP contribution in [0.15, 0.2) is 0 Å². The maximum atomic E-state index is 12.5. The van der Waals surface area contributed by atoms with E-state index in [4.69, 9.17) is 5.73 Å². The van der Waals surface area contributed by atoms with Crippen LogP contribution in [0.5, 0.6) is 0 Å². The van der Waals surface area contributed by atoms with Gasteiger partial charge in [-0.05, 0) is 38.1 Å². The highest BCUT2D eigenvalue weighted by Gasteiger charge is 2.40. The first-order chi connectivity index (χ1) is 8.13. The van der Waals surface area contributed by atoms with Gasteiger partial charge in [0.2, 0.25) is 5.91 Å². The lowest BCUT2D eigenvalue weighted by molar-refractivity contribution is -0.139. The van der Waals surface area contributed by atoms with Gasteiger partial charge in [-0.25, -0.2) is 8.78 Å². The molecule has 0 aromatic carbocycles. The van der Waals surface area contributed by atoms with Crippen LogP contribution in [0.2, 0.25) is 0 Å². The summed E-state index contributed by atoms with van der Waals surface area (Å²) < 4.78 is 25.0. The summed E-state index contributed by atoms with van der Waals surface area (Å²) in [5, 5.41) is 0. The van der Waals surface area contributed by atoms with Crippen LogP contribution in [0.1, 0.15) is 32.1 Å². The summed E-state index contributed by atoms with van der Waals surface area (Å²) in [6, 6.07) is 0.0653. The van der Waals surface area contributed by atoms with E-state index < -0.39 is 13.0 Å². The van der Waals surface area contributed by atoms with E-state index in [9.17, 15) is 13.6 Å². The molecule has 0 aliphatic heterocycles. The Hall–Kier alpha value is -0.420. The van der Waals surface area contributed by atoms with Crippen molar-refractivity contribution in [3.63, 3.8) is 0 Å². The molecule has 6 heteroatoms. The first kappa shape index (κ1) is 15.6. The first-order valence-corrected chi connectivity index (χ1v) is 6.42. The van der Waals surface area contributed by atoms with Crippen molar-refractivity contribution in [2.45, 2.75) is 44.6 Å². The second-order valence-electron chi connectivity index (χ2n) is 5.15. The Morgan fingerprint density at radius 2 is 1.94 bits per heavy atom. The van der Waals surface area contributed by atoms with E-state index in [1.807, 2.05) is 0 Å². The van der Waals surface area contributed by atoms with Crippen molar-refractivity contribution in [3.05, 3.63) is 0 Å². The van der Waals surface area contributed by atoms with Gasteiger partial charge in [-0.2, -0.15) is 0 Å². The molecule has 1 amide bonds. The Kier molecular flexibility index (Phi) is 5.79. The highest BCUT2D eigenvalue weighted by atomic mass is 35.5. The normalized spacial score (nSPS) is 27.1. The number of hydrogen-bond acceptors (Lipinski definition) is 2. The molecule has 3 nitrogen and oxygen atoms in total. The standard InChI is InChI=1S/C12H20F2N2O.ClH/c13-11(14)7-16(9-4-5-9)12(17)10-3-1-2-8(10)6-15;/h8-11H,1-7,15H2;1H/t8-,10-;/m1./s1. The van der Waals surface area contributed by atoms with Crippen LogP contribution in [0.4, 0.5) is 8.78 Å². The van der Waals surface area contributed by atoms with Crippen molar-refractivity contribution in [2.24, 2.45) is 17.6 Å². The fraction of sp³-hybridized carbons (Fsp3) is 0.917. The number of carbonyl (C=O) groups is 1. The van der Waals surface area contributed by atoms with Gasteiger partial charge in [0.05, 0.1) is 6.54 Å². The Bertz CT molecular complexity index is 287. The zero-order chi connectivity index (χ0) is 12.4. The summed E-state index contributed by atoms with van der Waals surface area (Å²) in [6.07, 6.45) is 2.08. The summed E-state index contributed by atoms with van der Waals surface area (Å²) in [5.41, 5.74) is 5.64. The van der Waals surface area contributed by atoms with E-state index in [1.165, 1.54) is 4.90 Å². The minimum absolute atomic E-state index is 0. The van der Waals surface area contributed by atoms with E-state index in [0.717, 1.165) is 32.1 Å². The summed E-state index contributed by atoms with van der Waals surface area (Å²) >= 11 is 0. The molecule has 2 rings (SSSR count). The van der Waals surface area contributed by atoms with Gasteiger partial charge in [0.15, 0.2) is 0 Å². The van der Waals surface area contributed by atoms with Crippen molar-refractivity contribution >= 4 is 18.3 Å². The molecule has 0 spiro atoms. The number of carbonyl (C=O) groups excluding carboxylic acids is 1. The predicted octanol–water partition coefficient (Wildman–Crippen LogP) is 2.04. The minimum atomic E-state index is -2.43. The molecular formula is C12H21ClF2N2O. The fourth-order valence-corrected chi connectivity index (χ4v) is 2.81. The van der Waals surface area contributed by atoms with Gasteiger partial charge in [0.25, 0.3) is 6.43 Å². The molecule has 0 aromatic rings. The Balaban J connectivity index is 0.00000162. The molecule has 2 aliphatic rings. The van der Waals surface area contributed by atoms with Gasteiger partial charge >= 0.3 is 0 Å². The van der Waals surface area contributed by atoms with Gasteiger partial charge in [0.1, 0.15) is 0 Å². The van der Waals surface area contributed by atoms with E-state index in [2.05, 4.69) is 0 Å². The molecule has 2 aliphatic carbocycles. The highest BCUT2D eigenvalue weighted by Crippen LogP contribution is 2.36. The van der Waals surface area contributed by atoms with E-state index >= 15 is 0 Å². The molecule has 0 aromatic heterocycles. The summed E-state index contributed by atoms with van der Waals surface area (Å²) in [5.74, 6) is 0.00141. The third kappa shape index (κ3) is 3.54. The average Bonchev–Trinajstić information content (AvgIpc) is 3.02. The van der Waals surface area contributed by atoms with Crippen molar-refractivity contribution in [1.29, 1.82) is 0 Å². The Labute approximate surface area is 112 Å². The van der Waals surface area contributed by atoms with Gasteiger partial charge in [-0.15, -0.1) is 12.4 Å². The fourth-order valence-electron chi connectivity index (χ4n) is 2.81. The summed E-state index contributed by atoms with van der Waals surface area (Å²) in [6.45, 7) is 0.0842. The zero-order valence-corrected chi connectivity index (χ0v) is 11.2. The maximum Gasteiger partial charge on any atom is 0.255 e. The largest absolute Gasteiger partial charge is 0.334 e. The van der Waals surface area contributed by atoms with Crippen LogP contribution >= 0.6 is 12.4 Å². The van der Waals surface area contributed by atoms with Crippen LogP contribution in [-0.2, 0) is 4.79 Å². The van der Waals surface area contributed by atoms with Gasteiger partial charge in [0, 0.05) is 12.0 Å². The SMILES string of the molecule is Cl.NC[C@H]1CCC[C@H]1C(=O)N(CC(F)F)C1CC1. The number of nitrogens with two attached hydrogens (primary N) is 1. The number of alkyl halides is 2. The molecule has 0 heterocycles. The molecule has 2 saturated carbocycles. The highest BCUT2D eigenvalue weighted by molar-refractivity contribution is 5.85. The van der Waals surface area contributed by atoms with Crippen molar-refractivity contribution in [2.75, 3.05) is 13.1 Å². The monoisotopic (exact) mass is 282 g/mol. The molecule has 0 radical (unpaired) electrons. The number of halogens is 3. The van der Waals surface area contributed by atoms with Crippen molar-refractivity contribution in [3.8, 4) is 0 Å². The van der Waals surface area contributed by atoms with Crippen LogP contribution in [0, 0.1) is 11.8 Å². The van der Waals surface area contributed by atoms with Crippen LogP contribution in [0.25, 0.3) is 0 Å². The lowest BCUT2D eigenvalue weighted by atomic mass is 9.94. The topological polar surface area (TPSA) is 46.3 Å². The predicted molar refractivity (Wildman–Crippen MR) is 67.9 cm³/mol. The second kappa shape index (κ2) is 6.66. The summed E-state index contributed by atoms with van der Waals surface area (Å²) in [4.78, 5) is 13.7. The number of amides is 1. The molecule has 106 valence electrons. The lowest BCUT2D eigenvalue weighted by Crippen LogP contribution is -2.42. The molecule has 2 N–H and O–H groups in total. The average molecular weight is 283 g/mol. The molecule has 0 bridgehead atoms. The summed E-state index contributed by atoms with van der Waals surface area (Å²) in [7, 11) is 0. The minimum Gasteiger partial charge on any atom is -0.334 e. The van der Waals surface area contributed by atoms with E-state index in [0.29, 0.717) is 6.54 Å². The molecule has 18 heavy (non-hydrogen) atoms. The Morgan fingerprint density at radius 1 is 1.28 bits per heavy atom. The number of hydrogen-bond donors (Lipinski definition) is 1. The van der Waals surface area contributed by atoms with Gasteiger partial charge < -0.3 is 10.6 Å². The third-order valence-corrected chi connectivity index (χ3v) is 3.88. The van der Waals surface area contributed by atoms with Gasteiger partial charge in [-0.3, -0.25) is 4.79 Å².